The van der Waals surface area contributed by atoms with Gasteiger partial charge in [0.15, 0.2) is 0 Å². The summed E-state index contributed by atoms with van der Waals surface area (Å²) in [6, 6.07) is 3.52. The van der Waals surface area contributed by atoms with Gasteiger partial charge in [-0.15, -0.1) is 0 Å². The van der Waals surface area contributed by atoms with Crippen molar-refractivity contribution >= 4 is 23.0 Å². The molecule has 1 heterocycles. The van der Waals surface area contributed by atoms with E-state index in [1.54, 1.807) is 19.3 Å². The van der Waals surface area contributed by atoms with Crippen LogP contribution in [-0.2, 0) is 11.2 Å². The molecule has 0 saturated carbocycles. The Balaban J connectivity index is 2.34. The molecule has 2 N–H and O–H groups in total. The van der Waals surface area contributed by atoms with Crippen molar-refractivity contribution in [3.8, 4) is 0 Å². The molecule has 1 aromatic heterocycles. The number of aromatic amines is 1. The first-order valence-electron chi connectivity index (χ1n) is 6.08. The summed E-state index contributed by atoms with van der Waals surface area (Å²) in [7, 11) is 1.61. The number of amides is 1. The molecule has 0 aliphatic heterocycles. The van der Waals surface area contributed by atoms with E-state index >= 15 is 0 Å². The third-order valence-electron chi connectivity index (χ3n) is 2.93. The Kier molecular flexibility index (Phi) is 3.94. The number of fused-ring (bicyclic) bond motifs is 1. The van der Waals surface area contributed by atoms with E-state index in [0.717, 1.165) is 11.1 Å². The Morgan fingerprint density at radius 1 is 1.53 bits per heavy atom. The van der Waals surface area contributed by atoms with Crippen molar-refractivity contribution in [3.05, 3.63) is 35.3 Å². The van der Waals surface area contributed by atoms with Crippen LogP contribution >= 0.6 is 0 Å². The maximum atomic E-state index is 14.3. The number of carbonyl (C=O) groups excluding carboxylic acids is 1. The lowest BCUT2D eigenvalue weighted by molar-refractivity contribution is -0.118. The molecule has 0 fully saturated rings. The molecule has 0 unspecified atom stereocenters. The average molecular weight is 261 g/mol. The van der Waals surface area contributed by atoms with Gasteiger partial charge in [0.2, 0.25) is 5.91 Å². The molecule has 0 saturated heterocycles. The molecule has 5 heteroatoms. The molecule has 0 radical (unpaired) electrons. The van der Waals surface area contributed by atoms with Gasteiger partial charge >= 0.3 is 0 Å². The third kappa shape index (κ3) is 2.81. The van der Waals surface area contributed by atoms with Gasteiger partial charge < -0.3 is 10.3 Å². The molecule has 0 bridgehead atoms. The number of halogens is 1. The first-order valence-corrected chi connectivity index (χ1v) is 6.08. The van der Waals surface area contributed by atoms with Crippen LogP contribution in [0.3, 0.4) is 0 Å². The lowest BCUT2D eigenvalue weighted by Crippen LogP contribution is -2.22. The molecule has 0 aliphatic rings. The second-order valence-electron chi connectivity index (χ2n) is 4.33. The van der Waals surface area contributed by atoms with Gasteiger partial charge in [0.1, 0.15) is 5.82 Å². The molecule has 2 rings (SSSR count). The van der Waals surface area contributed by atoms with Crippen molar-refractivity contribution in [3.63, 3.8) is 0 Å². The molecular formula is C14H16FN3O. The zero-order valence-electron chi connectivity index (χ0n) is 11.0. The highest BCUT2D eigenvalue weighted by atomic mass is 19.1. The first-order chi connectivity index (χ1) is 9.13. The number of nitrogens with one attached hydrogen (secondary N) is 2. The maximum absolute atomic E-state index is 14.3. The van der Waals surface area contributed by atoms with Crippen LogP contribution in [0.5, 0.6) is 0 Å². The molecule has 100 valence electrons. The molecule has 2 aromatic rings. The summed E-state index contributed by atoms with van der Waals surface area (Å²) < 4.78 is 14.3. The van der Waals surface area contributed by atoms with Gasteiger partial charge in [0.05, 0.1) is 0 Å². The van der Waals surface area contributed by atoms with Gasteiger partial charge in [-0.1, -0.05) is 0 Å². The van der Waals surface area contributed by atoms with E-state index < -0.39 is 0 Å². The number of hydrogen-bond donors (Lipinski definition) is 2. The fraction of sp³-hybridized carbons (Fsp3) is 0.286. The van der Waals surface area contributed by atoms with Crippen LogP contribution in [0.1, 0.15) is 18.1 Å². The molecular weight excluding hydrogens is 245 g/mol. The van der Waals surface area contributed by atoms with Crippen LogP contribution in [-0.4, -0.2) is 30.7 Å². The van der Waals surface area contributed by atoms with Crippen LogP contribution in [0.4, 0.5) is 4.39 Å². The summed E-state index contributed by atoms with van der Waals surface area (Å²) in [6.45, 7) is 1.96. The smallest absolute Gasteiger partial charge is 0.216 e. The van der Waals surface area contributed by atoms with Crippen molar-refractivity contribution in [2.75, 3.05) is 13.6 Å². The molecule has 0 spiro atoms. The Morgan fingerprint density at radius 3 is 3.00 bits per heavy atom. The van der Waals surface area contributed by atoms with Gasteiger partial charge in [-0.3, -0.25) is 9.79 Å². The highest BCUT2D eigenvalue weighted by Crippen LogP contribution is 2.24. The number of aliphatic imine (C=N–C) groups is 1. The van der Waals surface area contributed by atoms with Crippen LogP contribution in [0.2, 0.25) is 0 Å². The molecule has 0 atom stereocenters. The van der Waals surface area contributed by atoms with Gasteiger partial charge in [0, 0.05) is 49.4 Å². The number of carbonyl (C=O) groups is 1. The van der Waals surface area contributed by atoms with Crippen molar-refractivity contribution in [2.45, 2.75) is 13.3 Å². The molecule has 4 nitrogen and oxygen atoms in total. The predicted octanol–water partition coefficient (Wildman–Crippen LogP) is 2.03. The van der Waals surface area contributed by atoms with Crippen LogP contribution in [0, 0.1) is 5.82 Å². The maximum Gasteiger partial charge on any atom is 0.216 e. The SMILES string of the molecule is CN=Cc1ccc2[nH]cc(CCNC(C)=O)c2c1F. The van der Waals surface area contributed by atoms with E-state index in [0.29, 0.717) is 23.9 Å². The third-order valence-corrected chi connectivity index (χ3v) is 2.93. The minimum atomic E-state index is -0.276. The van der Waals surface area contributed by atoms with Crippen molar-refractivity contribution in [1.82, 2.24) is 10.3 Å². The normalized spacial score (nSPS) is 11.3. The zero-order chi connectivity index (χ0) is 13.8. The van der Waals surface area contributed by atoms with Crippen LogP contribution < -0.4 is 5.32 Å². The van der Waals surface area contributed by atoms with E-state index in [9.17, 15) is 9.18 Å². The Hall–Kier alpha value is -2.17. The van der Waals surface area contributed by atoms with E-state index in [1.165, 1.54) is 13.1 Å². The monoisotopic (exact) mass is 261 g/mol. The topological polar surface area (TPSA) is 57.2 Å². The lowest BCUT2D eigenvalue weighted by atomic mass is 10.1. The molecule has 19 heavy (non-hydrogen) atoms. The first kappa shape index (κ1) is 13.3. The Morgan fingerprint density at radius 2 is 2.32 bits per heavy atom. The molecule has 0 aliphatic carbocycles. The number of nitrogens with zero attached hydrogens (tertiary/aromatic N) is 1. The van der Waals surface area contributed by atoms with Crippen molar-refractivity contribution in [1.29, 1.82) is 0 Å². The predicted molar refractivity (Wildman–Crippen MR) is 74.2 cm³/mol. The largest absolute Gasteiger partial charge is 0.361 e. The van der Waals surface area contributed by atoms with Crippen molar-refractivity contribution in [2.24, 2.45) is 4.99 Å². The quantitative estimate of drug-likeness (QED) is 0.813. The molecule has 1 amide bonds. The fourth-order valence-electron chi connectivity index (χ4n) is 2.07. The Bertz CT molecular complexity index is 631. The molecule has 1 aromatic carbocycles. The fourth-order valence-corrected chi connectivity index (χ4v) is 2.07. The zero-order valence-corrected chi connectivity index (χ0v) is 11.0. The van der Waals surface area contributed by atoms with E-state index in [1.807, 2.05) is 6.07 Å². The number of rotatable bonds is 4. The second-order valence-corrected chi connectivity index (χ2v) is 4.33. The van der Waals surface area contributed by atoms with Gasteiger partial charge in [0.25, 0.3) is 0 Å². The summed E-state index contributed by atoms with van der Waals surface area (Å²) in [5, 5.41) is 3.28. The number of aromatic nitrogens is 1. The van der Waals surface area contributed by atoms with E-state index in [2.05, 4.69) is 15.3 Å². The standard InChI is InChI=1S/C14H16FN3O/c1-9(19)17-6-5-10-8-18-12-4-3-11(7-16-2)14(15)13(10)12/h3-4,7-8,18H,5-6H2,1-2H3,(H,17,19). The summed E-state index contributed by atoms with van der Waals surface area (Å²) in [5.74, 6) is -0.360. The number of H-pyrrole nitrogens is 1. The second kappa shape index (κ2) is 5.65. The average Bonchev–Trinajstić information content (AvgIpc) is 2.77. The van der Waals surface area contributed by atoms with E-state index in [4.69, 9.17) is 0 Å². The highest BCUT2D eigenvalue weighted by Gasteiger charge is 2.11. The minimum Gasteiger partial charge on any atom is -0.361 e. The summed E-state index contributed by atoms with van der Waals surface area (Å²) in [6.07, 6.45) is 3.87. The van der Waals surface area contributed by atoms with Crippen LogP contribution in [0.25, 0.3) is 10.9 Å². The summed E-state index contributed by atoms with van der Waals surface area (Å²) in [4.78, 5) is 17.7. The highest BCUT2D eigenvalue weighted by molar-refractivity contribution is 5.91. The van der Waals surface area contributed by atoms with E-state index in [-0.39, 0.29) is 11.7 Å². The number of benzene rings is 1. The van der Waals surface area contributed by atoms with Crippen molar-refractivity contribution < 1.29 is 9.18 Å². The number of hydrogen-bond acceptors (Lipinski definition) is 2. The lowest BCUT2D eigenvalue weighted by Gasteiger charge is -2.03. The van der Waals surface area contributed by atoms with Gasteiger partial charge in [-0.05, 0) is 24.1 Å². The van der Waals surface area contributed by atoms with Gasteiger partial charge in [-0.2, -0.15) is 0 Å². The minimum absolute atomic E-state index is 0.0841. The summed E-state index contributed by atoms with van der Waals surface area (Å²) >= 11 is 0. The van der Waals surface area contributed by atoms with Crippen LogP contribution in [0.15, 0.2) is 23.3 Å². The van der Waals surface area contributed by atoms with Gasteiger partial charge in [-0.25, -0.2) is 4.39 Å². The summed E-state index contributed by atoms with van der Waals surface area (Å²) in [5.41, 5.74) is 2.08. The Labute approximate surface area is 110 Å².